The molecule has 7 heteroatoms. The third-order valence-corrected chi connectivity index (χ3v) is 7.07. The number of nitrogens with one attached hydrogen (secondary N) is 1. The number of anilines is 1. The summed E-state index contributed by atoms with van der Waals surface area (Å²) < 4.78 is 1.03. The summed E-state index contributed by atoms with van der Waals surface area (Å²) in [6.07, 6.45) is 6.74. The van der Waals surface area contributed by atoms with Crippen LogP contribution in [0.1, 0.15) is 44.1 Å². The molecule has 0 aromatic heterocycles. The van der Waals surface area contributed by atoms with Crippen LogP contribution in [0.15, 0.2) is 63.0 Å². The molecule has 1 saturated carbocycles. The number of benzene rings is 2. The van der Waals surface area contributed by atoms with Crippen molar-refractivity contribution in [1.82, 2.24) is 0 Å². The first-order valence-electron chi connectivity index (χ1n) is 10.2. The number of hydrogen-bond donors (Lipinski definition) is 1. The summed E-state index contributed by atoms with van der Waals surface area (Å²) in [6.45, 7) is 0. The predicted molar refractivity (Wildman–Crippen MR) is 131 cm³/mol. The van der Waals surface area contributed by atoms with Gasteiger partial charge < -0.3 is 5.32 Å². The van der Waals surface area contributed by atoms with Crippen molar-refractivity contribution < 1.29 is 4.79 Å². The fourth-order valence-corrected chi connectivity index (χ4v) is 5.07. The third kappa shape index (κ3) is 5.34. The van der Waals surface area contributed by atoms with Crippen molar-refractivity contribution >= 4 is 61.6 Å². The molecule has 2 aliphatic rings. The van der Waals surface area contributed by atoms with Crippen molar-refractivity contribution in [3.05, 3.63) is 63.6 Å². The number of rotatable bonds is 4. The van der Waals surface area contributed by atoms with Crippen molar-refractivity contribution in [2.24, 2.45) is 9.98 Å². The van der Waals surface area contributed by atoms with Gasteiger partial charge in [0, 0.05) is 20.7 Å². The van der Waals surface area contributed by atoms with Gasteiger partial charge in [-0.15, -0.1) is 0 Å². The van der Waals surface area contributed by atoms with Crippen LogP contribution in [0.5, 0.6) is 0 Å². The van der Waals surface area contributed by atoms with Gasteiger partial charge in [-0.2, -0.15) is 0 Å². The number of nitrogens with zero attached hydrogens (tertiary/aromatic N) is 2. The molecular weight excluding hydrogens is 482 g/mol. The van der Waals surface area contributed by atoms with Gasteiger partial charge in [0.2, 0.25) is 5.91 Å². The summed E-state index contributed by atoms with van der Waals surface area (Å²) in [5, 5.41) is 4.43. The molecule has 156 valence electrons. The van der Waals surface area contributed by atoms with Gasteiger partial charge >= 0.3 is 0 Å². The molecule has 2 aromatic rings. The first kappa shape index (κ1) is 21.6. The van der Waals surface area contributed by atoms with E-state index in [0.717, 1.165) is 52.2 Å². The van der Waals surface area contributed by atoms with Crippen LogP contribution in [0.2, 0.25) is 5.02 Å². The standard InChI is InChI=1S/C23H23BrClN3OS/c24-17-7-5-16(6-8-17)21-22(28-23(27-21)13-3-1-2-4-14-23)30-15-20(29)26-19-11-9-18(25)10-12-19/h5-12H,1-4,13-15H2,(H,26,29). The van der Waals surface area contributed by atoms with Crippen LogP contribution in [0.3, 0.4) is 0 Å². The Labute approximate surface area is 194 Å². The van der Waals surface area contributed by atoms with Gasteiger partial charge in [0.05, 0.1) is 11.5 Å². The van der Waals surface area contributed by atoms with E-state index in [1.807, 2.05) is 12.1 Å². The summed E-state index contributed by atoms with van der Waals surface area (Å²) in [6, 6.07) is 15.3. The maximum absolute atomic E-state index is 12.5. The van der Waals surface area contributed by atoms with Crippen molar-refractivity contribution in [3.8, 4) is 0 Å². The topological polar surface area (TPSA) is 53.8 Å². The summed E-state index contributed by atoms with van der Waals surface area (Å²) in [5.41, 5.74) is 2.34. The fraction of sp³-hybridized carbons (Fsp3) is 0.348. The van der Waals surface area contributed by atoms with E-state index >= 15 is 0 Å². The number of halogens is 2. The van der Waals surface area contributed by atoms with Crippen molar-refractivity contribution in [2.75, 3.05) is 11.1 Å². The minimum Gasteiger partial charge on any atom is -0.325 e. The lowest BCUT2D eigenvalue weighted by Crippen LogP contribution is -2.20. The van der Waals surface area contributed by atoms with Gasteiger partial charge in [-0.3, -0.25) is 9.79 Å². The molecule has 1 amide bonds. The zero-order valence-electron chi connectivity index (χ0n) is 16.5. The quantitative estimate of drug-likeness (QED) is 0.502. The van der Waals surface area contributed by atoms with Crippen LogP contribution in [0.4, 0.5) is 5.69 Å². The van der Waals surface area contributed by atoms with E-state index in [1.54, 1.807) is 24.3 Å². The maximum atomic E-state index is 12.5. The van der Waals surface area contributed by atoms with E-state index in [0.29, 0.717) is 5.02 Å². The first-order valence-corrected chi connectivity index (χ1v) is 12.3. The number of amides is 1. The predicted octanol–water partition coefficient (Wildman–Crippen LogP) is 6.73. The molecule has 1 aliphatic heterocycles. The smallest absolute Gasteiger partial charge is 0.234 e. The van der Waals surface area contributed by atoms with Crippen molar-refractivity contribution in [1.29, 1.82) is 0 Å². The number of carbonyl (C=O) groups excluding carboxylic acids is 1. The second kappa shape index (κ2) is 9.67. The van der Waals surface area contributed by atoms with E-state index < -0.39 is 0 Å². The van der Waals surface area contributed by atoms with E-state index in [2.05, 4.69) is 33.4 Å². The third-order valence-electron chi connectivity index (χ3n) is 5.32. The normalized spacial score (nSPS) is 17.9. The molecule has 1 N–H and O–H groups in total. The van der Waals surface area contributed by atoms with Crippen molar-refractivity contribution in [2.45, 2.75) is 44.2 Å². The van der Waals surface area contributed by atoms with E-state index in [4.69, 9.17) is 21.6 Å². The lowest BCUT2D eigenvalue weighted by molar-refractivity contribution is -0.113. The lowest BCUT2D eigenvalue weighted by Gasteiger charge is -2.20. The van der Waals surface area contributed by atoms with Crippen LogP contribution >= 0.6 is 39.3 Å². The molecule has 0 saturated heterocycles. The Balaban J connectivity index is 1.51. The molecule has 2 aromatic carbocycles. The Hall–Kier alpha value is -1.63. The van der Waals surface area contributed by atoms with Gasteiger partial charge in [-0.25, -0.2) is 4.99 Å². The molecule has 30 heavy (non-hydrogen) atoms. The molecule has 4 rings (SSSR count). The highest BCUT2D eigenvalue weighted by Crippen LogP contribution is 2.38. The molecule has 0 bridgehead atoms. The van der Waals surface area contributed by atoms with Crippen LogP contribution in [-0.4, -0.2) is 28.1 Å². The zero-order chi connectivity index (χ0) is 21.0. The molecule has 1 fully saturated rings. The molecular formula is C23H23BrClN3OS. The SMILES string of the molecule is O=C(CSC1=NC2(CCCCCC2)N=C1c1ccc(Br)cc1)Nc1ccc(Cl)cc1. The Bertz CT molecular complexity index is 965. The van der Waals surface area contributed by atoms with E-state index in [-0.39, 0.29) is 17.3 Å². The average molecular weight is 505 g/mol. The summed E-state index contributed by atoms with van der Waals surface area (Å²) in [7, 11) is 0. The second-order valence-corrected chi connectivity index (χ2v) is 9.94. The maximum Gasteiger partial charge on any atom is 0.234 e. The van der Waals surface area contributed by atoms with E-state index in [1.165, 1.54) is 24.6 Å². The van der Waals surface area contributed by atoms with Gasteiger partial charge in [-0.1, -0.05) is 64.3 Å². The van der Waals surface area contributed by atoms with Gasteiger partial charge in [0.15, 0.2) is 5.66 Å². The van der Waals surface area contributed by atoms with Crippen molar-refractivity contribution in [3.63, 3.8) is 0 Å². The number of hydrogen-bond acceptors (Lipinski definition) is 4. The van der Waals surface area contributed by atoms with Crippen LogP contribution in [0, 0.1) is 0 Å². The molecule has 0 radical (unpaired) electrons. The summed E-state index contributed by atoms with van der Waals surface area (Å²) in [4.78, 5) is 22.7. The van der Waals surface area contributed by atoms with Crippen LogP contribution in [-0.2, 0) is 4.79 Å². The molecule has 1 spiro atoms. The van der Waals surface area contributed by atoms with Crippen LogP contribution in [0.25, 0.3) is 0 Å². The molecule has 1 aliphatic carbocycles. The molecule has 0 unspecified atom stereocenters. The lowest BCUT2D eigenvalue weighted by atomic mass is 10.0. The fourth-order valence-electron chi connectivity index (χ4n) is 3.80. The highest BCUT2D eigenvalue weighted by Gasteiger charge is 2.37. The zero-order valence-corrected chi connectivity index (χ0v) is 19.7. The molecule has 0 atom stereocenters. The Kier molecular flexibility index (Phi) is 6.96. The Morgan fingerprint density at radius 1 is 1.00 bits per heavy atom. The minimum absolute atomic E-state index is 0.0676. The largest absolute Gasteiger partial charge is 0.325 e. The monoisotopic (exact) mass is 503 g/mol. The first-order chi connectivity index (χ1) is 14.5. The van der Waals surface area contributed by atoms with Gasteiger partial charge in [-0.05, 0) is 62.1 Å². The summed E-state index contributed by atoms with van der Waals surface area (Å²) in [5.74, 6) is 0.217. The Morgan fingerprint density at radius 3 is 2.33 bits per heavy atom. The van der Waals surface area contributed by atoms with Gasteiger partial charge in [0.1, 0.15) is 5.04 Å². The minimum atomic E-state index is -0.353. The number of thioether (sulfide) groups is 1. The number of carbonyl (C=O) groups is 1. The average Bonchev–Trinajstić information content (AvgIpc) is 2.93. The van der Waals surface area contributed by atoms with Crippen LogP contribution < -0.4 is 5.32 Å². The second-order valence-electron chi connectivity index (χ2n) is 7.62. The number of aliphatic imine (C=N–C) groups is 2. The highest BCUT2D eigenvalue weighted by atomic mass is 79.9. The van der Waals surface area contributed by atoms with Gasteiger partial charge in [0.25, 0.3) is 0 Å². The highest BCUT2D eigenvalue weighted by molar-refractivity contribution is 9.10. The molecule has 4 nitrogen and oxygen atoms in total. The Morgan fingerprint density at radius 2 is 1.67 bits per heavy atom. The summed E-state index contributed by atoms with van der Waals surface area (Å²) >= 11 is 10.9. The molecule has 1 heterocycles. The van der Waals surface area contributed by atoms with E-state index in [9.17, 15) is 4.79 Å².